The number of phosphoric ester groups is 2. The minimum Gasteiger partial charge on any atom is -0.462 e. The van der Waals surface area contributed by atoms with Gasteiger partial charge in [0, 0.05) is 25.7 Å². The number of ether oxygens (including phenoxy) is 4. The number of aliphatic hydroxyl groups excluding tert-OH is 1. The van der Waals surface area contributed by atoms with Gasteiger partial charge >= 0.3 is 39.5 Å². The Balaban J connectivity index is 5.20. The first-order chi connectivity index (χ1) is 43.7. The highest BCUT2D eigenvalue weighted by atomic mass is 31.2. The Hall–Kier alpha value is -1.94. The normalized spacial score (nSPS) is 14.8. The van der Waals surface area contributed by atoms with Gasteiger partial charge in [0.25, 0.3) is 0 Å². The van der Waals surface area contributed by atoms with Crippen LogP contribution in [0.2, 0.25) is 0 Å². The topological polar surface area (TPSA) is 237 Å². The summed E-state index contributed by atoms with van der Waals surface area (Å²) in [5.74, 6) is 0.898. The average Bonchev–Trinajstić information content (AvgIpc) is 3.05. The standard InChI is InChI=1S/C72H140O17P2/c1-9-64(7)50-42-34-25-19-15-13-11-12-14-16-22-28-38-46-54-71(76)88-67(58-83-70(75)53-45-37-29-23-24-32-40-48-62(3)4)60-86-90(78,79)84-56-66(73)57-85-91(80,81)87-61-68(89-72(77)55-47-39-31-30-33-41-49-63(5)6)59-82-69(74)52-44-36-27-21-18-17-20-26-35-43-51-65(8)10-2/h62-68,73H,9-61H2,1-8H3,(H,78,79)(H,80,81)/t64?,65?,66?,67-,68-/m1/s1. The molecule has 7 atom stereocenters. The Bertz CT molecular complexity index is 1800. The summed E-state index contributed by atoms with van der Waals surface area (Å²) in [6, 6.07) is 0. The fourth-order valence-corrected chi connectivity index (χ4v) is 12.4. The summed E-state index contributed by atoms with van der Waals surface area (Å²) >= 11 is 0. The Morgan fingerprint density at radius 1 is 0.308 bits per heavy atom. The van der Waals surface area contributed by atoms with E-state index < -0.39 is 97.5 Å². The number of aliphatic hydroxyl groups is 1. The molecule has 0 rings (SSSR count). The van der Waals surface area contributed by atoms with Crippen LogP contribution in [0.4, 0.5) is 0 Å². The molecule has 0 heterocycles. The zero-order valence-electron chi connectivity index (χ0n) is 59.5. The number of phosphoric acid groups is 2. The van der Waals surface area contributed by atoms with Crippen LogP contribution in [0.5, 0.6) is 0 Å². The minimum absolute atomic E-state index is 0.101. The van der Waals surface area contributed by atoms with E-state index in [-0.39, 0.29) is 25.7 Å². The quantitative estimate of drug-likeness (QED) is 0.0222. The first-order valence-electron chi connectivity index (χ1n) is 37.3. The lowest BCUT2D eigenvalue weighted by molar-refractivity contribution is -0.161. The van der Waals surface area contributed by atoms with E-state index in [1.54, 1.807) is 0 Å². The van der Waals surface area contributed by atoms with Crippen molar-refractivity contribution in [1.82, 2.24) is 0 Å². The van der Waals surface area contributed by atoms with Crippen LogP contribution in [0.3, 0.4) is 0 Å². The predicted octanol–water partition coefficient (Wildman–Crippen LogP) is 20.5. The fraction of sp³-hybridized carbons (Fsp3) is 0.944. The second kappa shape index (κ2) is 61.6. The Labute approximate surface area is 556 Å². The summed E-state index contributed by atoms with van der Waals surface area (Å²) < 4.78 is 68.3. The van der Waals surface area contributed by atoms with Crippen molar-refractivity contribution in [3.63, 3.8) is 0 Å². The van der Waals surface area contributed by atoms with Crippen molar-refractivity contribution in [2.75, 3.05) is 39.6 Å². The third kappa shape index (κ3) is 63.9. The van der Waals surface area contributed by atoms with Gasteiger partial charge in [-0.25, -0.2) is 9.13 Å². The molecule has 540 valence electrons. The van der Waals surface area contributed by atoms with Crippen LogP contribution in [0.1, 0.15) is 357 Å². The monoisotopic (exact) mass is 1340 g/mol. The summed E-state index contributed by atoms with van der Waals surface area (Å²) in [5.41, 5.74) is 0. The van der Waals surface area contributed by atoms with Crippen molar-refractivity contribution >= 4 is 39.5 Å². The minimum atomic E-state index is -4.95. The summed E-state index contributed by atoms with van der Waals surface area (Å²) in [4.78, 5) is 72.6. The van der Waals surface area contributed by atoms with Crippen LogP contribution in [-0.4, -0.2) is 96.7 Å². The van der Waals surface area contributed by atoms with Crippen molar-refractivity contribution in [2.45, 2.75) is 375 Å². The van der Waals surface area contributed by atoms with Gasteiger partial charge in [0.15, 0.2) is 12.2 Å². The zero-order chi connectivity index (χ0) is 67.5. The number of hydrogen-bond donors (Lipinski definition) is 3. The van der Waals surface area contributed by atoms with Crippen molar-refractivity contribution in [3.8, 4) is 0 Å². The van der Waals surface area contributed by atoms with E-state index in [4.69, 9.17) is 37.0 Å². The van der Waals surface area contributed by atoms with E-state index in [9.17, 15) is 43.2 Å². The molecule has 0 aliphatic heterocycles. The van der Waals surface area contributed by atoms with Crippen molar-refractivity contribution in [1.29, 1.82) is 0 Å². The Kier molecular flexibility index (Phi) is 60.3. The average molecular weight is 1340 g/mol. The van der Waals surface area contributed by atoms with Crippen LogP contribution >= 0.6 is 15.6 Å². The molecule has 0 aliphatic rings. The molecule has 0 saturated heterocycles. The maximum Gasteiger partial charge on any atom is 0.472 e. The van der Waals surface area contributed by atoms with Gasteiger partial charge < -0.3 is 33.8 Å². The lowest BCUT2D eigenvalue weighted by Gasteiger charge is -2.21. The van der Waals surface area contributed by atoms with E-state index in [1.165, 1.54) is 154 Å². The molecule has 17 nitrogen and oxygen atoms in total. The molecular formula is C72H140O17P2. The molecule has 91 heavy (non-hydrogen) atoms. The van der Waals surface area contributed by atoms with Crippen LogP contribution in [-0.2, 0) is 65.4 Å². The molecule has 3 N–H and O–H groups in total. The Morgan fingerprint density at radius 3 is 0.780 bits per heavy atom. The molecule has 0 aromatic rings. The van der Waals surface area contributed by atoms with Gasteiger partial charge in [0.1, 0.15) is 19.3 Å². The molecule has 0 fully saturated rings. The van der Waals surface area contributed by atoms with Crippen LogP contribution < -0.4 is 0 Å². The maximum atomic E-state index is 13.0. The largest absolute Gasteiger partial charge is 0.472 e. The summed E-state index contributed by atoms with van der Waals surface area (Å²) in [7, 11) is -9.90. The SMILES string of the molecule is CCC(C)CCCCCCCCCCCCCCCCC(=O)O[C@H](COC(=O)CCCCCCCCCC(C)C)COP(=O)(O)OCC(O)COP(=O)(O)OC[C@@H](COC(=O)CCCCCCCCCCCCC(C)CC)OC(=O)CCCCCCCCC(C)C. The van der Waals surface area contributed by atoms with Crippen LogP contribution in [0, 0.1) is 23.7 Å². The van der Waals surface area contributed by atoms with Crippen LogP contribution in [0.15, 0.2) is 0 Å². The second-order valence-corrected chi connectivity index (χ2v) is 30.3. The molecule has 0 aliphatic carbocycles. The number of unbranched alkanes of at least 4 members (excludes halogenated alkanes) is 33. The predicted molar refractivity (Wildman–Crippen MR) is 367 cm³/mol. The van der Waals surface area contributed by atoms with E-state index in [1.807, 2.05) is 0 Å². The molecule has 0 aromatic heterocycles. The van der Waals surface area contributed by atoms with Gasteiger partial charge in [-0.1, -0.05) is 306 Å². The van der Waals surface area contributed by atoms with Gasteiger partial charge in [-0.05, 0) is 49.4 Å². The first-order valence-corrected chi connectivity index (χ1v) is 40.3. The molecule has 0 aromatic carbocycles. The molecule has 0 saturated carbocycles. The molecule has 0 radical (unpaired) electrons. The van der Waals surface area contributed by atoms with Gasteiger partial charge in [-0.3, -0.25) is 37.3 Å². The Morgan fingerprint density at radius 2 is 0.527 bits per heavy atom. The van der Waals surface area contributed by atoms with E-state index in [2.05, 4.69) is 55.4 Å². The number of esters is 4. The summed E-state index contributed by atoms with van der Waals surface area (Å²) in [6.45, 7) is 14.1. The highest BCUT2D eigenvalue weighted by Crippen LogP contribution is 2.45. The van der Waals surface area contributed by atoms with Gasteiger partial charge in [0.05, 0.1) is 26.4 Å². The zero-order valence-corrected chi connectivity index (χ0v) is 61.3. The molecule has 0 amide bonds. The van der Waals surface area contributed by atoms with E-state index in [0.29, 0.717) is 37.5 Å². The van der Waals surface area contributed by atoms with E-state index >= 15 is 0 Å². The number of hydrogen-bond acceptors (Lipinski definition) is 15. The lowest BCUT2D eigenvalue weighted by atomic mass is 9.99. The summed E-state index contributed by atoms with van der Waals surface area (Å²) in [5, 5.41) is 10.6. The maximum absolute atomic E-state index is 13.0. The molecule has 5 unspecified atom stereocenters. The molecular weight excluding hydrogens is 1200 g/mol. The molecule has 19 heteroatoms. The smallest absolute Gasteiger partial charge is 0.462 e. The van der Waals surface area contributed by atoms with Gasteiger partial charge in [0.2, 0.25) is 0 Å². The number of carbonyl (C=O) groups excluding carboxylic acids is 4. The van der Waals surface area contributed by atoms with E-state index in [0.717, 1.165) is 108 Å². The third-order valence-electron chi connectivity index (χ3n) is 17.3. The lowest BCUT2D eigenvalue weighted by Crippen LogP contribution is -2.30. The second-order valence-electron chi connectivity index (χ2n) is 27.4. The highest BCUT2D eigenvalue weighted by molar-refractivity contribution is 7.47. The van der Waals surface area contributed by atoms with Crippen molar-refractivity contribution in [3.05, 3.63) is 0 Å². The molecule has 0 spiro atoms. The fourth-order valence-electron chi connectivity index (χ4n) is 10.8. The third-order valence-corrected chi connectivity index (χ3v) is 19.2. The molecule has 0 bridgehead atoms. The number of carbonyl (C=O) groups is 4. The van der Waals surface area contributed by atoms with Crippen molar-refractivity contribution in [2.24, 2.45) is 23.7 Å². The van der Waals surface area contributed by atoms with Gasteiger partial charge in [-0.15, -0.1) is 0 Å². The van der Waals surface area contributed by atoms with Crippen LogP contribution in [0.25, 0.3) is 0 Å². The highest BCUT2D eigenvalue weighted by Gasteiger charge is 2.30. The summed E-state index contributed by atoms with van der Waals surface area (Å²) in [6.07, 6.45) is 44.6. The first kappa shape index (κ1) is 89.1. The number of rotatable bonds is 69. The van der Waals surface area contributed by atoms with Gasteiger partial charge in [-0.2, -0.15) is 0 Å². The van der Waals surface area contributed by atoms with Crippen molar-refractivity contribution < 1.29 is 80.2 Å².